The van der Waals surface area contributed by atoms with Crippen LogP contribution in [-0.2, 0) is 14.3 Å². The molecule has 1 heterocycles. The Morgan fingerprint density at radius 1 is 0.479 bits per heavy atom. The Bertz CT molecular complexity index is 1330. The number of ether oxygens (including phenoxy) is 2. The Morgan fingerprint density at radius 2 is 0.849 bits per heavy atom. The van der Waals surface area contributed by atoms with E-state index in [0.29, 0.717) is 6.42 Å². The highest BCUT2D eigenvalue weighted by Crippen LogP contribution is 2.23. The summed E-state index contributed by atoms with van der Waals surface area (Å²) in [6, 6.07) is -0.817. The molecule has 9 heteroatoms. The fraction of sp³-hybridized carbons (Fsp3) is 0.828. The summed E-state index contributed by atoms with van der Waals surface area (Å²) in [5.41, 5.74) is 0. The Labute approximate surface area is 449 Å². The first-order chi connectivity index (χ1) is 35.8. The van der Waals surface area contributed by atoms with Crippen LogP contribution in [0.25, 0.3) is 0 Å². The predicted octanol–water partition coefficient (Wildman–Crippen LogP) is 15.9. The lowest BCUT2D eigenvalue weighted by atomic mass is 9.99. The largest absolute Gasteiger partial charge is 0.394 e. The quantitative estimate of drug-likeness (QED) is 0.0261. The molecule has 0 saturated carbocycles. The van der Waals surface area contributed by atoms with E-state index < -0.39 is 49.5 Å². The smallest absolute Gasteiger partial charge is 0.220 e. The molecule has 1 amide bonds. The van der Waals surface area contributed by atoms with E-state index in [1.165, 1.54) is 180 Å². The van der Waals surface area contributed by atoms with E-state index in [9.17, 15) is 30.3 Å². The van der Waals surface area contributed by atoms with Gasteiger partial charge in [-0.2, -0.15) is 0 Å². The first-order valence-electron chi connectivity index (χ1n) is 31.0. The van der Waals surface area contributed by atoms with Crippen LogP contribution in [0.5, 0.6) is 0 Å². The van der Waals surface area contributed by atoms with Gasteiger partial charge in [-0.15, -0.1) is 0 Å². The maximum Gasteiger partial charge on any atom is 0.220 e. The number of unbranched alkanes of at least 4 members (excludes halogenated alkanes) is 35. The summed E-state index contributed by atoms with van der Waals surface area (Å²) in [6.45, 7) is 3.68. The zero-order chi connectivity index (χ0) is 52.9. The lowest BCUT2D eigenvalue weighted by molar-refractivity contribution is -0.302. The standard InChI is InChI=1S/C64H117NO8/c1-3-5-7-9-11-13-15-17-19-21-23-24-25-26-27-28-29-30-31-32-33-34-36-37-39-41-43-45-47-49-51-53-58(67)57(56-72-64-63(71)62(70)61(69)59(55-66)73-64)65-60(68)54-52-50-48-46-44-42-40-38-35-22-20-18-16-14-12-10-8-6-4-2/h6,8,12,14,18,20,35,38,51,53,57-59,61-64,66-67,69-71H,3-5,7,9-11,13,15-17,19,21-34,36-37,39-50,52,54-56H2,1-2H3,(H,65,68)/b8-6-,14-12-,20-18-,38-35-,53-51+. The minimum absolute atomic E-state index is 0.190. The van der Waals surface area contributed by atoms with Crippen molar-refractivity contribution in [2.75, 3.05) is 13.2 Å². The Balaban J connectivity index is 2.17. The molecule has 0 aromatic heterocycles. The molecule has 1 rings (SSSR count). The van der Waals surface area contributed by atoms with Gasteiger partial charge in [-0.3, -0.25) is 4.79 Å². The van der Waals surface area contributed by atoms with Gasteiger partial charge in [-0.05, 0) is 57.8 Å². The van der Waals surface area contributed by atoms with Crippen LogP contribution in [0.3, 0.4) is 0 Å². The number of rotatable bonds is 53. The molecule has 1 aliphatic heterocycles. The van der Waals surface area contributed by atoms with Crippen molar-refractivity contribution in [3.05, 3.63) is 60.8 Å². The van der Waals surface area contributed by atoms with Crippen molar-refractivity contribution in [2.24, 2.45) is 0 Å². The highest BCUT2D eigenvalue weighted by molar-refractivity contribution is 5.76. The van der Waals surface area contributed by atoms with Crippen molar-refractivity contribution >= 4 is 5.91 Å². The van der Waals surface area contributed by atoms with Crippen LogP contribution in [-0.4, -0.2) is 87.5 Å². The molecule has 0 radical (unpaired) electrons. The molecule has 1 aliphatic rings. The second-order valence-corrected chi connectivity index (χ2v) is 21.5. The maximum absolute atomic E-state index is 13.1. The molecular weight excluding hydrogens is 911 g/mol. The minimum atomic E-state index is -1.57. The van der Waals surface area contributed by atoms with Gasteiger partial charge in [0.1, 0.15) is 24.4 Å². The van der Waals surface area contributed by atoms with Gasteiger partial charge in [-0.1, -0.05) is 280 Å². The average Bonchev–Trinajstić information content (AvgIpc) is 3.39. The van der Waals surface area contributed by atoms with Crippen molar-refractivity contribution in [3.63, 3.8) is 0 Å². The van der Waals surface area contributed by atoms with E-state index in [0.717, 1.165) is 83.5 Å². The summed E-state index contributed by atoms with van der Waals surface area (Å²) in [4.78, 5) is 13.1. The first-order valence-corrected chi connectivity index (χ1v) is 31.0. The van der Waals surface area contributed by atoms with Crippen LogP contribution >= 0.6 is 0 Å². The molecule has 0 aromatic rings. The molecule has 7 unspecified atom stereocenters. The summed E-state index contributed by atoms with van der Waals surface area (Å²) >= 11 is 0. The fourth-order valence-electron chi connectivity index (χ4n) is 9.74. The van der Waals surface area contributed by atoms with Gasteiger partial charge in [0.05, 0.1) is 25.4 Å². The molecule has 0 bridgehead atoms. The molecule has 7 atom stereocenters. The number of amides is 1. The van der Waals surface area contributed by atoms with Gasteiger partial charge in [-0.25, -0.2) is 0 Å². The van der Waals surface area contributed by atoms with Crippen molar-refractivity contribution in [3.8, 4) is 0 Å². The number of nitrogens with one attached hydrogen (secondary N) is 1. The van der Waals surface area contributed by atoms with Crippen molar-refractivity contribution < 1.29 is 39.8 Å². The molecule has 0 aliphatic carbocycles. The number of hydrogen-bond acceptors (Lipinski definition) is 8. The molecule has 0 spiro atoms. The van der Waals surface area contributed by atoms with E-state index in [-0.39, 0.29) is 12.5 Å². The monoisotopic (exact) mass is 1030 g/mol. The molecule has 73 heavy (non-hydrogen) atoms. The Morgan fingerprint density at radius 3 is 1.26 bits per heavy atom. The maximum atomic E-state index is 13.1. The third-order valence-electron chi connectivity index (χ3n) is 14.6. The Kier molecular flexibility index (Phi) is 50.3. The zero-order valence-electron chi connectivity index (χ0n) is 47.4. The lowest BCUT2D eigenvalue weighted by Crippen LogP contribution is -2.60. The van der Waals surface area contributed by atoms with E-state index in [2.05, 4.69) is 67.8 Å². The lowest BCUT2D eigenvalue weighted by Gasteiger charge is -2.40. The normalized spacial score (nSPS) is 19.5. The molecule has 9 nitrogen and oxygen atoms in total. The molecule has 0 aromatic carbocycles. The molecule has 426 valence electrons. The first kappa shape index (κ1) is 68.9. The summed E-state index contributed by atoms with van der Waals surface area (Å²) in [5.74, 6) is -0.190. The van der Waals surface area contributed by atoms with Gasteiger partial charge in [0.2, 0.25) is 5.91 Å². The number of aliphatic hydroxyl groups is 5. The van der Waals surface area contributed by atoms with Crippen LogP contribution in [0.15, 0.2) is 60.8 Å². The number of carbonyl (C=O) groups is 1. The molecule has 6 N–H and O–H groups in total. The summed E-state index contributed by atoms with van der Waals surface area (Å²) in [7, 11) is 0. The van der Waals surface area contributed by atoms with Crippen LogP contribution < -0.4 is 5.32 Å². The van der Waals surface area contributed by atoms with Crippen LogP contribution in [0.2, 0.25) is 0 Å². The second kappa shape index (κ2) is 53.3. The Hall–Kier alpha value is -2.11. The highest BCUT2D eigenvalue weighted by Gasteiger charge is 2.44. The number of aliphatic hydroxyl groups excluding tert-OH is 5. The van der Waals surface area contributed by atoms with E-state index in [4.69, 9.17) is 9.47 Å². The summed E-state index contributed by atoms with van der Waals surface area (Å²) in [5, 5.41) is 54.6. The third kappa shape index (κ3) is 42.7. The van der Waals surface area contributed by atoms with Crippen LogP contribution in [0.4, 0.5) is 0 Å². The van der Waals surface area contributed by atoms with Crippen LogP contribution in [0, 0.1) is 0 Å². The average molecular weight is 1030 g/mol. The fourth-order valence-corrected chi connectivity index (χ4v) is 9.74. The van der Waals surface area contributed by atoms with Gasteiger partial charge < -0.3 is 40.3 Å². The third-order valence-corrected chi connectivity index (χ3v) is 14.6. The number of carbonyl (C=O) groups excluding carboxylic acids is 1. The van der Waals surface area contributed by atoms with Gasteiger partial charge in [0.15, 0.2) is 6.29 Å². The van der Waals surface area contributed by atoms with E-state index in [1.54, 1.807) is 6.08 Å². The van der Waals surface area contributed by atoms with Crippen LogP contribution in [0.1, 0.15) is 284 Å². The van der Waals surface area contributed by atoms with Crippen molar-refractivity contribution in [1.82, 2.24) is 5.32 Å². The van der Waals surface area contributed by atoms with Gasteiger partial charge >= 0.3 is 0 Å². The predicted molar refractivity (Wildman–Crippen MR) is 309 cm³/mol. The van der Waals surface area contributed by atoms with Gasteiger partial charge in [0.25, 0.3) is 0 Å². The minimum Gasteiger partial charge on any atom is -0.394 e. The van der Waals surface area contributed by atoms with Crippen molar-refractivity contribution in [2.45, 2.75) is 326 Å². The summed E-state index contributed by atoms with van der Waals surface area (Å²) in [6.07, 6.45) is 65.9. The number of allylic oxidation sites excluding steroid dienone is 9. The summed E-state index contributed by atoms with van der Waals surface area (Å²) < 4.78 is 11.3. The van der Waals surface area contributed by atoms with E-state index >= 15 is 0 Å². The number of hydrogen-bond donors (Lipinski definition) is 6. The highest BCUT2D eigenvalue weighted by atomic mass is 16.7. The topological polar surface area (TPSA) is 149 Å². The SMILES string of the molecule is CC/C=C\C/C=C\C/C=C\C/C=C\CCCCCCCCC(=O)NC(COC1OC(CO)C(O)C(O)C1O)C(O)/C=C/CCCCCCCCCCCCCCCCCCCCCCCCCCCCCCC. The van der Waals surface area contributed by atoms with Gasteiger partial charge in [0, 0.05) is 6.42 Å². The molecule has 1 fully saturated rings. The second-order valence-electron chi connectivity index (χ2n) is 21.5. The molecular formula is C64H117NO8. The van der Waals surface area contributed by atoms with Crippen molar-refractivity contribution in [1.29, 1.82) is 0 Å². The zero-order valence-corrected chi connectivity index (χ0v) is 47.4. The van der Waals surface area contributed by atoms with E-state index in [1.807, 2.05) is 6.08 Å². The molecule has 1 saturated heterocycles.